The molecular weight excluding hydrogens is 316 g/mol. The van der Waals surface area contributed by atoms with Crippen molar-refractivity contribution < 1.29 is 9.59 Å². The summed E-state index contributed by atoms with van der Waals surface area (Å²) >= 11 is 0. The second-order valence-electron chi connectivity index (χ2n) is 7.49. The molecule has 1 aliphatic rings. The van der Waals surface area contributed by atoms with Crippen molar-refractivity contribution in [3.63, 3.8) is 0 Å². The first kappa shape index (κ1) is 17.2. The van der Waals surface area contributed by atoms with Crippen LogP contribution >= 0.6 is 0 Å². The Morgan fingerprint density at radius 1 is 1.20 bits per heavy atom. The number of rotatable bonds is 2. The summed E-state index contributed by atoms with van der Waals surface area (Å²) in [5, 5.41) is 7.36. The summed E-state index contributed by atoms with van der Waals surface area (Å²) in [4.78, 5) is 27.7. The first-order valence-electron chi connectivity index (χ1n) is 8.50. The molecule has 1 aromatic carbocycles. The quantitative estimate of drug-likeness (QED) is 0.914. The van der Waals surface area contributed by atoms with Crippen molar-refractivity contribution in [3.8, 4) is 0 Å². The number of nitrogens with zero attached hydrogens (tertiary/aromatic N) is 3. The third kappa shape index (κ3) is 3.43. The Morgan fingerprint density at radius 2 is 1.88 bits per heavy atom. The Kier molecular flexibility index (Phi) is 4.37. The van der Waals surface area contributed by atoms with Gasteiger partial charge in [0.05, 0.1) is 11.7 Å². The highest BCUT2D eigenvalue weighted by Crippen LogP contribution is 2.34. The van der Waals surface area contributed by atoms with E-state index in [0.29, 0.717) is 12.1 Å². The number of aromatic nitrogens is 2. The molecule has 6 heteroatoms. The van der Waals surface area contributed by atoms with Gasteiger partial charge in [-0.2, -0.15) is 5.10 Å². The van der Waals surface area contributed by atoms with Gasteiger partial charge in [0.15, 0.2) is 6.04 Å². The van der Waals surface area contributed by atoms with Crippen molar-refractivity contribution in [2.75, 3.05) is 4.90 Å². The van der Waals surface area contributed by atoms with Gasteiger partial charge in [0.25, 0.3) is 0 Å². The molecule has 2 amide bonds. The summed E-state index contributed by atoms with van der Waals surface area (Å²) in [7, 11) is 0. The molecule has 25 heavy (non-hydrogen) atoms. The minimum atomic E-state index is -0.749. The molecule has 1 N–H and O–H groups in total. The minimum Gasteiger partial charge on any atom is -0.349 e. The third-order valence-corrected chi connectivity index (χ3v) is 4.18. The fourth-order valence-corrected chi connectivity index (χ4v) is 3.19. The maximum atomic E-state index is 13.1. The van der Waals surface area contributed by atoms with E-state index in [4.69, 9.17) is 0 Å². The van der Waals surface area contributed by atoms with Crippen LogP contribution in [0.5, 0.6) is 0 Å². The van der Waals surface area contributed by atoms with E-state index in [9.17, 15) is 9.59 Å². The molecule has 1 aliphatic heterocycles. The van der Waals surface area contributed by atoms with Crippen molar-refractivity contribution in [1.82, 2.24) is 15.1 Å². The summed E-state index contributed by atoms with van der Waals surface area (Å²) in [5.41, 5.74) is 1.04. The van der Waals surface area contributed by atoms with Gasteiger partial charge in [-0.1, -0.05) is 18.2 Å². The van der Waals surface area contributed by atoms with Crippen LogP contribution in [0.2, 0.25) is 0 Å². The van der Waals surface area contributed by atoms with E-state index in [1.165, 1.54) is 0 Å². The highest BCUT2D eigenvalue weighted by molar-refractivity contribution is 6.01. The second-order valence-corrected chi connectivity index (χ2v) is 7.49. The van der Waals surface area contributed by atoms with Crippen LogP contribution in [0.25, 0.3) is 0 Å². The summed E-state index contributed by atoms with van der Waals surface area (Å²) in [6, 6.07) is 10.3. The fourth-order valence-electron chi connectivity index (χ4n) is 3.19. The molecule has 2 heterocycles. The van der Waals surface area contributed by atoms with E-state index in [2.05, 4.69) is 10.4 Å². The van der Waals surface area contributed by atoms with Crippen LogP contribution in [0.3, 0.4) is 0 Å². The summed E-state index contributed by atoms with van der Waals surface area (Å²) in [6.07, 6.45) is 1.98. The average Bonchev–Trinajstić information content (AvgIpc) is 2.96. The number of nitrogens with one attached hydrogen (secondary N) is 1. The lowest BCUT2D eigenvalue weighted by atomic mass is 10.1. The van der Waals surface area contributed by atoms with Crippen LogP contribution in [-0.2, 0) is 9.59 Å². The van der Waals surface area contributed by atoms with Crippen LogP contribution in [0.1, 0.15) is 51.9 Å². The van der Waals surface area contributed by atoms with Crippen LogP contribution < -0.4 is 10.2 Å². The van der Waals surface area contributed by atoms with E-state index >= 15 is 0 Å². The lowest BCUT2D eigenvalue weighted by molar-refractivity contribution is -0.127. The molecule has 0 saturated carbocycles. The molecule has 2 aromatic rings. The van der Waals surface area contributed by atoms with E-state index in [0.717, 1.165) is 5.69 Å². The number of anilines is 1. The van der Waals surface area contributed by atoms with E-state index in [1.807, 2.05) is 64.1 Å². The first-order chi connectivity index (χ1) is 11.8. The van der Waals surface area contributed by atoms with Crippen LogP contribution in [0.4, 0.5) is 5.69 Å². The number of carbonyl (C=O) groups excluding carboxylic acids is 2. The molecule has 3 rings (SSSR count). The normalized spacial score (nSPS) is 20.8. The Morgan fingerprint density at radius 3 is 2.52 bits per heavy atom. The van der Waals surface area contributed by atoms with Gasteiger partial charge in [-0.3, -0.25) is 19.2 Å². The molecule has 132 valence electrons. The number of para-hydroxylation sites is 1. The standard InChI is InChI=1S/C19H24N4O2/c1-13-12-16(24)22(14-8-6-5-7-9-14)17(15-10-11-20-23(13)15)18(25)21-19(2,3)4/h5-11,13,17H,12H2,1-4H3,(H,21,25)/t13-,17+/m1/s1. The number of amides is 2. The minimum absolute atomic E-state index is 0.0849. The van der Waals surface area contributed by atoms with Crippen molar-refractivity contribution >= 4 is 17.5 Å². The molecule has 2 atom stereocenters. The first-order valence-corrected chi connectivity index (χ1v) is 8.50. The number of fused-ring (bicyclic) bond motifs is 1. The van der Waals surface area contributed by atoms with Crippen molar-refractivity contribution in [2.24, 2.45) is 0 Å². The van der Waals surface area contributed by atoms with Gasteiger partial charge < -0.3 is 5.32 Å². The summed E-state index contributed by atoms with van der Waals surface area (Å²) in [6.45, 7) is 7.73. The Bertz CT molecular complexity index is 776. The van der Waals surface area contributed by atoms with E-state index < -0.39 is 11.6 Å². The molecule has 0 spiro atoms. The molecule has 0 fully saturated rings. The largest absolute Gasteiger partial charge is 0.349 e. The van der Waals surface area contributed by atoms with Gasteiger partial charge in [0.1, 0.15) is 0 Å². The summed E-state index contributed by atoms with van der Waals surface area (Å²) < 4.78 is 1.79. The third-order valence-electron chi connectivity index (χ3n) is 4.18. The Labute approximate surface area is 147 Å². The van der Waals surface area contributed by atoms with Crippen molar-refractivity contribution in [2.45, 2.75) is 51.7 Å². The van der Waals surface area contributed by atoms with E-state index in [1.54, 1.807) is 15.8 Å². The van der Waals surface area contributed by atoms with Crippen LogP contribution in [0, 0.1) is 0 Å². The average molecular weight is 340 g/mol. The molecule has 0 aliphatic carbocycles. The zero-order chi connectivity index (χ0) is 18.2. The number of carbonyl (C=O) groups is 2. The second kappa shape index (κ2) is 6.35. The molecule has 0 unspecified atom stereocenters. The predicted molar refractivity (Wildman–Crippen MR) is 96.1 cm³/mol. The number of hydrogen-bond acceptors (Lipinski definition) is 3. The van der Waals surface area contributed by atoms with Crippen LogP contribution in [0.15, 0.2) is 42.6 Å². The molecule has 0 radical (unpaired) electrons. The molecule has 1 aromatic heterocycles. The van der Waals surface area contributed by atoms with Gasteiger partial charge in [0.2, 0.25) is 11.8 Å². The van der Waals surface area contributed by atoms with Gasteiger partial charge >= 0.3 is 0 Å². The summed E-state index contributed by atoms with van der Waals surface area (Å²) in [5.74, 6) is -0.293. The maximum absolute atomic E-state index is 13.1. The monoisotopic (exact) mass is 340 g/mol. The number of benzene rings is 1. The van der Waals surface area contributed by atoms with E-state index in [-0.39, 0.29) is 17.9 Å². The lowest BCUT2D eigenvalue weighted by Gasteiger charge is -2.32. The van der Waals surface area contributed by atoms with Gasteiger partial charge in [-0.05, 0) is 45.9 Å². The highest BCUT2D eigenvalue weighted by atomic mass is 16.2. The maximum Gasteiger partial charge on any atom is 0.249 e. The van der Waals surface area contributed by atoms with Crippen molar-refractivity contribution in [3.05, 3.63) is 48.3 Å². The zero-order valence-corrected chi connectivity index (χ0v) is 15.1. The van der Waals surface area contributed by atoms with Gasteiger partial charge in [-0.25, -0.2) is 0 Å². The topological polar surface area (TPSA) is 67.2 Å². The smallest absolute Gasteiger partial charge is 0.249 e. The predicted octanol–water partition coefficient (Wildman–Crippen LogP) is 2.84. The zero-order valence-electron chi connectivity index (χ0n) is 15.1. The molecule has 6 nitrogen and oxygen atoms in total. The molecule has 0 saturated heterocycles. The molecular formula is C19H24N4O2. The van der Waals surface area contributed by atoms with Crippen molar-refractivity contribution in [1.29, 1.82) is 0 Å². The number of hydrogen-bond donors (Lipinski definition) is 1. The van der Waals surface area contributed by atoms with Gasteiger partial charge in [0, 0.05) is 23.8 Å². The Hall–Kier alpha value is -2.63. The molecule has 0 bridgehead atoms. The van der Waals surface area contributed by atoms with Gasteiger partial charge in [-0.15, -0.1) is 0 Å². The SMILES string of the molecule is C[C@@H]1CC(=O)N(c2ccccc2)[C@H](C(=O)NC(C)(C)C)c2ccnn21. The lowest BCUT2D eigenvalue weighted by Crippen LogP contribution is -2.49. The Balaban J connectivity index is 2.13. The van der Waals surface area contributed by atoms with Crippen LogP contribution in [-0.4, -0.2) is 27.1 Å². The highest BCUT2D eigenvalue weighted by Gasteiger charge is 2.39. The fraction of sp³-hybridized carbons (Fsp3) is 0.421.